The van der Waals surface area contributed by atoms with Crippen LogP contribution < -0.4 is 0 Å². The number of carbonyl (C=O) groups excluding carboxylic acids is 1. The third-order valence-electron chi connectivity index (χ3n) is 2.91. The second-order valence-corrected chi connectivity index (χ2v) is 4.28. The van der Waals surface area contributed by atoms with E-state index in [-0.39, 0.29) is 5.82 Å². The van der Waals surface area contributed by atoms with Crippen molar-refractivity contribution in [2.45, 2.75) is 25.4 Å². The van der Waals surface area contributed by atoms with Crippen LogP contribution in [0.2, 0.25) is 0 Å². The Kier molecular flexibility index (Phi) is 2.58. The van der Waals surface area contributed by atoms with Crippen molar-refractivity contribution in [2.75, 3.05) is 7.11 Å². The molecule has 3 rings (SSSR count). The minimum Gasteiger partial charge on any atom is -0.463 e. The van der Waals surface area contributed by atoms with Gasteiger partial charge in [0.25, 0.3) is 5.82 Å². The van der Waals surface area contributed by atoms with E-state index in [2.05, 4.69) is 24.4 Å². The SMILES string of the molecule is COC(=O)c1ncn(Cc2cncn2C2CC2)n1. The van der Waals surface area contributed by atoms with Gasteiger partial charge in [-0.2, -0.15) is 0 Å². The summed E-state index contributed by atoms with van der Waals surface area (Å²) in [6.45, 7) is 0.556. The third-order valence-corrected chi connectivity index (χ3v) is 2.91. The van der Waals surface area contributed by atoms with Gasteiger partial charge in [0.15, 0.2) is 0 Å². The van der Waals surface area contributed by atoms with E-state index in [0.717, 1.165) is 5.69 Å². The first-order valence-electron chi connectivity index (χ1n) is 5.76. The molecule has 2 aromatic heterocycles. The number of hydrogen-bond acceptors (Lipinski definition) is 5. The molecule has 7 heteroatoms. The highest BCUT2D eigenvalue weighted by Crippen LogP contribution is 2.35. The van der Waals surface area contributed by atoms with E-state index in [1.165, 1.54) is 26.3 Å². The van der Waals surface area contributed by atoms with Crippen molar-refractivity contribution in [3.63, 3.8) is 0 Å². The highest BCUT2D eigenvalue weighted by molar-refractivity contribution is 5.84. The van der Waals surface area contributed by atoms with Crippen LogP contribution in [-0.4, -0.2) is 37.4 Å². The van der Waals surface area contributed by atoms with E-state index in [4.69, 9.17) is 0 Å². The molecule has 0 N–H and O–H groups in total. The standard InChI is InChI=1S/C11H13N5O2/c1-18-11(17)10-13-7-15(14-10)5-9-4-12-6-16(9)8-2-3-8/h4,6-8H,2-3,5H2,1H3. The third kappa shape index (κ3) is 1.99. The van der Waals surface area contributed by atoms with Crippen LogP contribution >= 0.6 is 0 Å². The van der Waals surface area contributed by atoms with Gasteiger partial charge in [0, 0.05) is 6.04 Å². The predicted octanol–water partition coefficient (Wildman–Crippen LogP) is 0.644. The first kappa shape index (κ1) is 10.9. The summed E-state index contributed by atoms with van der Waals surface area (Å²) in [5, 5.41) is 4.07. The van der Waals surface area contributed by atoms with Crippen LogP contribution in [0.15, 0.2) is 18.9 Å². The molecule has 0 aliphatic heterocycles. The smallest absolute Gasteiger partial charge is 0.377 e. The van der Waals surface area contributed by atoms with Crippen LogP contribution in [0, 0.1) is 0 Å². The van der Waals surface area contributed by atoms with Crippen molar-refractivity contribution in [2.24, 2.45) is 0 Å². The molecule has 94 valence electrons. The first-order valence-corrected chi connectivity index (χ1v) is 5.76. The molecule has 0 aromatic carbocycles. The lowest BCUT2D eigenvalue weighted by molar-refractivity contribution is 0.0586. The lowest BCUT2D eigenvalue weighted by atomic mass is 10.4. The minimum atomic E-state index is -0.524. The van der Waals surface area contributed by atoms with Crippen molar-refractivity contribution in [3.8, 4) is 0 Å². The summed E-state index contributed by atoms with van der Waals surface area (Å²) in [6, 6.07) is 0.575. The Bertz CT molecular complexity index is 570. The maximum Gasteiger partial charge on any atom is 0.377 e. The van der Waals surface area contributed by atoms with Crippen LogP contribution in [0.5, 0.6) is 0 Å². The second-order valence-electron chi connectivity index (χ2n) is 4.28. The van der Waals surface area contributed by atoms with Crippen molar-refractivity contribution >= 4 is 5.97 Å². The predicted molar refractivity (Wildman–Crippen MR) is 61.0 cm³/mol. The zero-order valence-electron chi connectivity index (χ0n) is 9.98. The quantitative estimate of drug-likeness (QED) is 0.741. The number of methoxy groups -OCH3 is 1. The lowest BCUT2D eigenvalue weighted by Gasteiger charge is -2.05. The molecular weight excluding hydrogens is 234 g/mol. The highest BCUT2D eigenvalue weighted by atomic mass is 16.5. The molecule has 0 radical (unpaired) electrons. The van der Waals surface area contributed by atoms with E-state index in [0.29, 0.717) is 12.6 Å². The monoisotopic (exact) mass is 247 g/mol. The van der Waals surface area contributed by atoms with Gasteiger partial charge < -0.3 is 9.30 Å². The number of aromatic nitrogens is 5. The molecule has 0 spiro atoms. The molecule has 18 heavy (non-hydrogen) atoms. The van der Waals surface area contributed by atoms with Crippen molar-refractivity contribution in [1.82, 2.24) is 24.3 Å². The molecule has 7 nitrogen and oxygen atoms in total. The number of nitrogens with zero attached hydrogens (tertiary/aromatic N) is 5. The molecule has 1 fully saturated rings. The largest absolute Gasteiger partial charge is 0.463 e. The molecular formula is C11H13N5O2. The molecule has 1 saturated carbocycles. The topological polar surface area (TPSA) is 74.8 Å². The Balaban J connectivity index is 1.77. The van der Waals surface area contributed by atoms with Crippen LogP contribution in [0.4, 0.5) is 0 Å². The molecule has 0 amide bonds. The zero-order valence-corrected chi connectivity index (χ0v) is 9.98. The fraction of sp³-hybridized carbons (Fsp3) is 0.455. The average molecular weight is 247 g/mol. The van der Waals surface area contributed by atoms with Crippen molar-refractivity contribution in [1.29, 1.82) is 0 Å². The number of hydrogen-bond donors (Lipinski definition) is 0. The molecule has 0 saturated heterocycles. The van der Waals surface area contributed by atoms with Gasteiger partial charge in [-0.25, -0.2) is 19.4 Å². The van der Waals surface area contributed by atoms with E-state index in [1.807, 2.05) is 12.5 Å². The maximum absolute atomic E-state index is 11.2. The minimum absolute atomic E-state index is 0.0787. The van der Waals surface area contributed by atoms with Crippen molar-refractivity contribution in [3.05, 3.63) is 30.4 Å². The Morgan fingerprint density at radius 1 is 1.50 bits per heavy atom. The normalized spacial score (nSPS) is 14.7. The van der Waals surface area contributed by atoms with Gasteiger partial charge in [-0.15, -0.1) is 5.10 Å². The van der Waals surface area contributed by atoms with Gasteiger partial charge in [-0.1, -0.05) is 0 Å². The zero-order chi connectivity index (χ0) is 12.5. The summed E-state index contributed by atoms with van der Waals surface area (Å²) in [4.78, 5) is 19.3. The summed E-state index contributed by atoms with van der Waals surface area (Å²) in [5.74, 6) is -0.445. The summed E-state index contributed by atoms with van der Waals surface area (Å²) >= 11 is 0. The average Bonchev–Trinajstić information content (AvgIpc) is 2.95. The summed E-state index contributed by atoms with van der Waals surface area (Å²) in [5.41, 5.74) is 1.07. The van der Waals surface area contributed by atoms with Crippen LogP contribution in [-0.2, 0) is 11.3 Å². The summed E-state index contributed by atoms with van der Waals surface area (Å²) in [6.07, 6.45) is 7.59. The molecule has 0 bridgehead atoms. The van der Waals surface area contributed by atoms with Crippen LogP contribution in [0.1, 0.15) is 35.2 Å². The van der Waals surface area contributed by atoms with E-state index in [1.54, 1.807) is 4.68 Å². The number of ether oxygens (including phenoxy) is 1. The molecule has 2 heterocycles. The Hall–Kier alpha value is -2.18. The Labute approximate surface area is 103 Å². The van der Waals surface area contributed by atoms with Gasteiger partial charge >= 0.3 is 5.97 Å². The Morgan fingerprint density at radius 2 is 2.33 bits per heavy atom. The van der Waals surface area contributed by atoms with Crippen LogP contribution in [0.3, 0.4) is 0 Å². The van der Waals surface area contributed by atoms with Gasteiger partial charge in [-0.05, 0) is 12.8 Å². The first-order chi connectivity index (χ1) is 8.78. The summed E-state index contributed by atoms with van der Waals surface area (Å²) in [7, 11) is 1.31. The van der Waals surface area contributed by atoms with E-state index < -0.39 is 5.97 Å². The summed E-state index contributed by atoms with van der Waals surface area (Å²) < 4.78 is 8.33. The number of rotatable bonds is 4. The van der Waals surface area contributed by atoms with Crippen molar-refractivity contribution < 1.29 is 9.53 Å². The van der Waals surface area contributed by atoms with E-state index >= 15 is 0 Å². The highest BCUT2D eigenvalue weighted by Gasteiger charge is 2.25. The molecule has 2 aromatic rings. The molecule has 1 aliphatic rings. The van der Waals surface area contributed by atoms with Gasteiger partial charge in [0.05, 0.1) is 31.9 Å². The second kappa shape index (κ2) is 4.25. The fourth-order valence-corrected chi connectivity index (χ4v) is 1.86. The maximum atomic E-state index is 11.2. The Morgan fingerprint density at radius 3 is 3.06 bits per heavy atom. The molecule has 0 unspecified atom stereocenters. The molecule has 1 aliphatic carbocycles. The van der Waals surface area contributed by atoms with Crippen LogP contribution in [0.25, 0.3) is 0 Å². The lowest BCUT2D eigenvalue weighted by Crippen LogP contribution is -2.09. The molecule has 0 atom stereocenters. The fourth-order valence-electron chi connectivity index (χ4n) is 1.86. The van der Waals surface area contributed by atoms with E-state index in [9.17, 15) is 4.79 Å². The van der Waals surface area contributed by atoms with Gasteiger partial charge in [0.2, 0.25) is 0 Å². The number of carbonyl (C=O) groups is 1. The number of esters is 1. The van der Waals surface area contributed by atoms with Gasteiger partial charge in [-0.3, -0.25) is 0 Å². The van der Waals surface area contributed by atoms with Gasteiger partial charge in [0.1, 0.15) is 6.33 Å². The number of imidazole rings is 1.